The number of halogens is 3. The van der Waals surface area contributed by atoms with E-state index in [1.807, 2.05) is 6.07 Å². The van der Waals surface area contributed by atoms with E-state index in [1.54, 1.807) is 24.3 Å². The van der Waals surface area contributed by atoms with Crippen LogP contribution in [0.15, 0.2) is 54.6 Å². The van der Waals surface area contributed by atoms with Crippen molar-refractivity contribution in [1.82, 2.24) is 0 Å². The standard InChI is InChI=1S/C16H13F3O4/c1-15(14(20)21,16(17,18)19)23-13-9-7-12(8-10-13)22-11-5-3-2-4-6-11/h2-10H,1H3,(H,20,21). The van der Waals surface area contributed by atoms with Crippen LogP contribution < -0.4 is 9.47 Å². The van der Waals surface area contributed by atoms with Crippen molar-refractivity contribution < 1.29 is 32.5 Å². The summed E-state index contributed by atoms with van der Waals surface area (Å²) in [6.45, 7) is 0.462. The van der Waals surface area contributed by atoms with Crippen LogP contribution in [-0.4, -0.2) is 22.9 Å². The maximum absolute atomic E-state index is 12.9. The van der Waals surface area contributed by atoms with Crippen LogP contribution in [-0.2, 0) is 4.79 Å². The van der Waals surface area contributed by atoms with Crippen LogP contribution in [0.4, 0.5) is 13.2 Å². The molecule has 0 aliphatic carbocycles. The Hall–Kier alpha value is -2.70. The molecule has 2 aromatic rings. The van der Waals surface area contributed by atoms with E-state index >= 15 is 0 Å². The second-order valence-electron chi connectivity index (χ2n) is 4.82. The van der Waals surface area contributed by atoms with E-state index in [0.29, 0.717) is 18.4 Å². The summed E-state index contributed by atoms with van der Waals surface area (Å²) in [5, 5.41) is 8.81. The number of carboxylic acid groups (broad SMARTS) is 1. The molecular weight excluding hydrogens is 313 g/mol. The zero-order chi connectivity index (χ0) is 17.1. The Kier molecular flexibility index (Phi) is 4.49. The Morgan fingerprint density at radius 1 is 0.913 bits per heavy atom. The Labute approximate surface area is 130 Å². The van der Waals surface area contributed by atoms with Crippen LogP contribution in [0.1, 0.15) is 6.92 Å². The molecule has 0 saturated heterocycles. The van der Waals surface area contributed by atoms with Gasteiger partial charge in [0.05, 0.1) is 0 Å². The lowest BCUT2D eigenvalue weighted by Gasteiger charge is -2.28. The number of aliphatic carboxylic acids is 1. The smallest absolute Gasteiger partial charge is 0.439 e. The molecule has 0 heterocycles. The van der Waals surface area contributed by atoms with Crippen LogP contribution in [0.25, 0.3) is 0 Å². The molecule has 0 spiro atoms. The van der Waals surface area contributed by atoms with Crippen LogP contribution in [0.5, 0.6) is 17.2 Å². The third kappa shape index (κ3) is 3.74. The first-order valence-electron chi connectivity index (χ1n) is 6.54. The summed E-state index contributed by atoms with van der Waals surface area (Å²) < 4.78 is 48.8. The minimum absolute atomic E-state index is 0.229. The SMILES string of the molecule is CC(Oc1ccc(Oc2ccccc2)cc1)(C(=O)O)C(F)(F)F. The fourth-order valence-corrected chi connectivity index (χ4v) is 1.66. The number of ether oxygens (including phenoxy) is 2. The van der Waals surface area contributed by atoms with Gasteiger partial charge in [0, 0.05) is 0 Å². The van der Waals surface area contributed by atoms with Crippen molar-refractivity contribution >= 4 is 5.97 Å². The molecular formula is C16H13F3O4. The monoisotopic (exact) mass is 326 g/mol. The third-order valence-electron chi connectivity index (χ3n) is 3.07. The zero-order valence-electron chi connectivity index (χ0n) is 12.0. The van der Waals surface area contributed by atoms with Gasteiger partial charge in [0.25, 0.3) is 5.60 Å². The molecule has 0 bridgehead atoms. The number of benzene rings is 2. The fourth-order valence-electron chi connectivity index (χ4n) is 1.66. The molecule has 1 unspecified atom stereocenters. The normalized spacial score (nSPS) is 13.9. The minimum Gasteiger partial charge on any atom is -0.478 e. The molecule has 0 aliphatic rings. The number of alkyl halides is 3. The molecule has 122 valence electrons. The molecule has 0 fully saturated rings. The van der Waals surface area contributed by atoms with Gasteiger partial charge in [-0.15, -0.1) is 0 Å². The van der Waals surface area contributed by atoms with E-state index < -0.39 is 17.7 Å². The summed E-state index contributed by atoms with van der Waals surface area (Å²) in [7, 11) is 0. The number of hydrogen-bond acceptors (Lipinski definition) is 3. The van der Waals surface area contributed by atoms with Crippen LogP contribution >= 0.6 is 0 Å². The van der Waals surface area contributed by atoms with Gasteiger partial charge in [-0.05, 0) is 43.3 Å². The van der Waals surface area contributed by atoms with Gasteiger partial charge in [-0.2, -0.15) is 13.2 Å². The second kappa shape index (κ2) is 6.20. The van der Waals surface area contributed by atoms with Crippen molar-refractivity contribution in [2.45, 2.75) is 18.7 Å². The van der Waals surface area contributed by atoms with Crippen LogP contribution in [0.3, 0.4) is 0 Å². The molecule has 1 N–H and O–H groups in total. The highest BCUT2D eigenvalue weighted by Crippen LogP contribution is 2.35. The Morgan fingerprint density at radius 2 is 1.39 bits per heavy atom. The first-order chi connectivity index (χ1) is 10.7. The number of rotatable bonds is 5. The van der Waals surface area contributed by atoms with Gasteiger partial charge in [-0.25, -0.2) is 4.79 Å². The van der Waals surface area contributed by atoms with Gasteiger partial charge < -0.3 is 14.6 Å². The molecule has 0 aliphatic heterocycles. The maximum atomic E-state index is 12.9. The van der Waals surface area contributed by atoms with Crippen molar-refractivity contribution in [2.24, 2.45) is 0 Å². The predicted molar refractivity (Wildman–Crippen MR) is 75.7 cm³/mol. The number of carbonyl (C=O) groups is 1. The second-order valence-corrected chi connectivity index (χ2v) is 4.82. The van der Waals surface area contributed by atoms with Crippen LogP contribution in [0.2, 0.25) is 0 Å². The molecule has 0 aromatic heterocycles. The lowest BCUT2D eigenvalue weighted by molar-refractivity contribution is -0.244. The lowest BCUT2D eigenvalue weighted by atomic mass is 10.1. The number of hydrogen-bond donors (Lipinski definition) is 1. The zero-order valence-corrected chi connectivity index (χ0v) is 12.0. The molecule has 0 saturated carbocycles. The molecule has 2 aromatic carbocycles. The van der Waals surface area contributed by atoms with E-state index in [1.165, 1.54) is 24.3 Å². The van der Waals surface area contributed by atoms with Gasteiger partial charge in [0.1, 0.15) is 17.2 Å². The maximum Gasteiger partial charge on any atom is 0.439 e. The average Bonchev–Trinajstić information content (AvgIpc) is 2.49. The topological polar surface area (TPSA) is 55.8 Å². The van der Waals surface area contributed by atoms with E-state index in [2.05, 4.69) is 4.74 Å². The van der Waals surface area contributed by atoms with Gasteiger partial charge in [0.15, 0.2) is 0 Å². The van der Waals surface area contributed by atoms with E-state index in [0.717, 1.165) is 0 Å². The molecule has 7 heteroatoms. The highest BCUT2D eigenvalue weighted by Gasteiger charge is 2.60. The highest BCUT2D eigenvalue weighted by atomic mass is 19.4. The summed E-state index contributed by atoms with van der Waals surface area (Å²) in [6.07, 6.45) is -5.06. The summed E-state index contributed by atoms with van der Waals surface area (Å²) in [4.78, 5) is 10.9. The van der Waals surface area contributed by atoms with Gasteiger partial charge in [-0.1, -0.05) is 18.2 Å². The van der Waals surface area contributed by atoms with Crippen molar-refractivity contribution in [2.75, 3.05) is 0 Å². The average molecular weight is 326 g/mol. The van der Waals surface area contributed by atoms with Gasteiger partial charge in [0.2, 0.25) is 0 Å². The van der Waals surface area contributed by atoms with Gasteiger partial charge >= 0.3 is 12.1 Å². The quantitative estimate of drug-likeness (QED) is 0.892. The molecule has 23 heavy (non-hydrogen) atoms. The molecule has 1 atom stereocenters. The summed E-state index contributed by atoms with van der Waals surface area (Å²) >= 11 is 0. The summed E-state index contributed by atoms with van der Waals surface area (Å²) in [6, 6.07) is 14.0. The third-order valence-corrected chi connectivity index (χ3v) is 3.07. The van der Waals surface area contributed by atoms with Crippen LogP contribution in [0, 0.1) is 0 Å². The van der Waals surface area contributed by atoms with E-state index in [-0.39, 0.29) is 5.75 Å². The van der Waals surface area contributed by atoms with E-state index in [4.69, 9.17) is 9.84 Å². The lowest BCUT2D eigenvalue weighted by Crippen LogP contribution is -2.54. The fraction of sp³-hybridized carbons (Fsp3) is 0.188. The Balaban J connectivity index is 2.15. The first kappa shape index (κ1) is 16.7. The highest BCUT2D eigenvalue weighted by molar-refractivity contribution is 5.78. The molecule has 0 radical (unpaired) electrons. The molecule has 4 nitrogen and oxygen atoms in total. The van der Waals surface area contributed by atoms with Crippen molar-refractivity contribution in [3.05, 3.63) is 54.6 Å². The van der Waals surface area contributed by atoms with Crippen molar-refractivity contribution in [3.8, 4) is 17.2 Å². The Morgan fingerprint density at radius 3 is 1.87 bits per heavy atom. The first-order valence-corrected chi connectivity index (χ1v) is 6.54. The van der Waals surface area contributed by atoms with Gasteiger partial charge in [-0.3, -0.25) is 0 Å². The van der Waals surface area contributed by atoms with E-state index in [9.17, 15) is 18.0 Å². The molecule has 0 amide bonds. The Bertz CT molecular complexity index is 668. The largest absolute Gasteiger partial charge is 0.478 e. The summed E-state index contributed by atoms with van der Waals surface area (Å²) in [5.41, 5.74) is -3.32. The number of carboxylic acids is 1. The van der Waals surface area contributed by atoms with Crippen molar-refractivity contribution in [1.29, 1.82) is 0 Å². The molecule has 2 rings (SSSR count). The predicted octanol–water partition coefficient (Wildman–Crippen LogP) is 4.26. The minimum atomic E-state index is -5.06. The summed E-state index contributed by atoms with van der Waals surface area (Å²) in [5.74, 6) is -1.40. The number of para-hydroxylation sites is 1. The van der Waals surface area contributed by atoms with Crippen molar-refractivity contribution in [3.63, 3.8) is 0 Å².